The first kappa shape index (κ1) is 16.2. The van der Waals surface area contributed by atoms with Gasteiger partial charge in [0.15, 0.2) is 0 Å². The average Bonchev–Trinajstić information content (AvgIpc) is 3.08. The van der Waals surface area contributed by atoms with E-state index in [-0.39, 0.29) is 5.91 Å². The third-order valence-corrected chi connectivity index (χ3v) is 3.79. The van der Waals surface area contributed by atoms with Crippen molar-refractivity contribution >= 4 is 5.91 Å². The molecule has 0 aromatic carbocycles. The van der Waals surface area contributed by atoms with Crippen molar-refractivity contribution in [3.8, 4) is 0 Å². The fourth-order valence-corrected chi connectivity index (χ4v) is 2.60. The number of aryl methyl sites for hydroxylation is 2. The Morgan fingerprint density at radius 1 is 1.32 bits per heavy atom. The molecule has 22 heavy (non-hydrogen) atoms. The lowest BCUT2D eigenvalue weighted by Crippen LogP contribution is -2.27. The van der Waals surface area contributed by atoms with Crippen molar-refractivity contribution in [2.75, 3.05) is 6.54 Å². The van der Waals surface area contributed by atoms with Crippen LogP contribution < -0.4 is 5.32 Å². The molecule has 0 aliphatic heterocycles. The first-order valence-electron chi connectivity index (χ1n) is 7.73. The Bertz CT molecular complexity index is 602. The van der Waals surface area contributed by atoms with Crippen LogP contribution in [0.15, 0.2) is 12.7 Å². The van der Waals surface area contributed by atoms with Gasteiger partial charge in [-0.15, -0.1) is 0 Å². The van der Waals surface area contributed by atoms with Gasteiger partial charge in [0.05, 0.1) is 12.2 Å². The lowest BCUT2D eigenvalue weighted by Gasteiger charge is -2.07. The fraction of sp³-hybridized carbons (Fsp3) is 0.600. The topological polar surface area (TPSA) is 77.6 Å². The maximum atomic E-state index is 11.8. The molecule has 0 spiro atoms. The predicted octanol–water partition coefficient (Wildman–Crippen LogP) is 1.25. The van der Waals surface area contributed by atoms with E-state index < -0.39 is 0 Å². The quantitative estimate of drug-likeness (QED) is 0.796. The molecular formula is C15H24N6O. The summed E-state index contributed by atoms with van der Waals surface area (Å²) in [7, 11) is 0. The normalized spacial score (nSPS) is 10.9. The van der Waals surface area contributed by atoms with Crippen LogP contribution in [0.2, 0.25) is 0 Å². The van der Waals surface area contributed by atoms with E-state index in [2.05, 4.69) is 34.3 Å². The van der Waals surface area contributed by atoms with E-state index in [9.17, 15) is 4.79 Å². The Kier molecular flexibility index (Phi) is 5.68. The van der Waals surface area contributed by atoms with Crippen molar-refractivity contribution in [1.29, 1.82) is 0 Å². The summed E-state index contributed by atoms with van der Waals surface area (Å²) < 4.78 is 3.71. The summed E-state index contributed by atoms with van der Waals surface area (Å²) in [6.07, 6.45) is 5.41. The van der Waals surface area contributed by atoms with Crippen LogP contribution in [0.3, 0.4) is 0 Å². The van der Waals surface area contributed by atoms with E-state index in [0.29, 0.717) is 26.1 Å². The maximum Gasteiger partial charge on any atom is 0.220 e. The third kappa shape index (κ3) is 4.16. The number of carbonyl (C=O) groups is 1. The summed E-state index contributed by atoms with van der Waals surface area (Å²) in [4.78, 5) is 15.7. The number of carbonyl (C=O) groups excluding carboxylic acids is 1. The van der Waals surface area contributed by atoms with Crippen LogP contribution in [0.1, 0.15) is 36.7 Å². The number of amides is 1. The highest BCUT2D eigenvalue weighted by Crippen LogP contribution is 2.12. The van der Waals surface area contributed by atoms with Crippen LogP contribution in [0.25, 0.3) is 0 Å². The standard InChI is InChI=1S/C15H24N6O/c1-4-14-12(2)19-21(13(14)3)9-7-17-15(22)6-5-8-20-11-16-10-18-20/h10-11H,4-9H2,1-3H3,(H,17,22). The van der Waals surface area contributed by atoms with Crippen LogP contribution in [-0.4, -0.2) is 37.0 Å². The van der Waals surface area contributed by atoms with Crippen LogP contribution in [-0.2, 0) is 24.3 Å². The molecule has 2 aromatic rings. The van der Waals surface area contributed by atoms with Crippen molar-refractivity contribution in [3.63, 3.8) is 0 Å². The number of hydrogen-bond acceptors (Lipinski definition) is 4. The van der Waals surface area contributed by atoms with Crippen molar-refractivity contribution in [1.82, 2.24) is 29.9 Å². The minimum atomic E-state index is 0.0670. The van der Waals surface area contributed by atoms with E-state index in [0.717, 1.165) is 18.5 Å². The molecule has 0 saturated carbocycles. The van der Waals surface area contributed by atoms with Gasteiger partial charge in [-0.3, -0.25) is 14.2 Å². The summed E-state index contributed by atoms with van der Waals surface area (Å²) in [5.41, 5.74) is 3.58. The summed E-state index contributed by atoms with van der Waals surface area (Å²) in [5, 5.41) is 11.5. The van der Waals surface area contributed by atoms with Crippen LogP contribution in [0.5, 0.6) is 0 Å². The highest BCUT2D eigenvalue weighted by molar-refractivity contribution is 5.75. The molecule has 0 aliphatic carbocycles. The van der Waals surface area contributed by atoms with Gasteiger partial charge >= 0.3 is 0 Å². The van der Waals surface area contributed by atoms with Gasteiger partial charge in [-0.1, -0.05) is 6.92 Å². The molecule has 0 atom stereocenters. The monoisotopic (exact) mass is 304 g/mol. The zero-order chi connectivity index (χ0) is 15.9. The number of rotatable bonds is 8. The molecule has 1 amide bonds. The number of nitrogens with zero attached hydrogens (tertiary/aromatic N) is 5. The molecule has 2 heterocycles. The van der Waals surface area contributed by atoms with Gasteiger partial charge < -0.3 is 5.32 Å². The Hall–Kier alpha value is -2.18. The van der Waals surface area contributed by atoms with Gasteiger partial charge in [-0.05, 0) is 32.3 Å². The van der Waals surface area contributed by atoms with E-state index in [1.807, 2.05) is 11.6 Å². The molecule has 0 radical (unpaired) electrons. The molecule has 120 valence electrons. The molecule has 0 fully saturated rings. The van der Waals surface area contributed by atoms with Gasteiger partial charge in [0.1, 0.15) is 12.7 Å². The Balaban J connectivity index is 1.68. The molecular weight excluding hydrogens is 280 g/mol. The molecule has 0 saturated heterocycles. The Morgan fingerprint density at radius 2 is 2.14 bits per heavy atom. The van der Waals surface area contributed by atoms with Crippen molar-refractivity contribution in [3.05, 3.63) is 29.6 Å². The van der Waals surface area contributed by atoms with Crippen LogP contribution >= 0.6 is 0 Å². The maximum absolute atomic E-state index is 11.8. The van der Waals surface area contributed by atoms with Gasteiger partial charge in [0.25, 0.3) is 0 Å². The number of aromatic nitrogens is 5. The van der Waals surface area contributed by atoms with Crippen molar-refractivity contribution in [2.45, 2.75) is 53.1 Å². The van der Waals surface area contributed by atoms with Crippen molar-refractivity contribution < 1.29 is 4.79 Å². The Labute approximate surface area is 130 Å². The molecule has 0 bridgehead atoms. The zero-order valence-corrected chi connectivity index (χ0v) is 13.5. The third-order valence-electron chi connectivity index (χ3n) is 3.79. The fourth-order valence-electron chi connectivity index (χ4n) is 2.60. The van der Waals surface area contributed by atoms with E-state index in [1.54, 1.807) is 11.0 Å². The lowest BCUT2D eigenvalue weighted by molar-refractivity contribution is -0.121. The molecule has 2 rings (SSSR count). The van der Waals surface area contributed by atoms with Gasteiger partial charge in [0.2, 0.25) is 5.91 Å². The highest BCUT2D eigenvalue weighted by Gasteiger charge is 2.09. The van der Waals surface area contributed by atoms with E-state index in [1.165, 1.54) is 17.6 Å². The van der Waals surface area contributed by atoms with Crippen LogP contribution in [0.4, 0.5) is 0 Å². The first-order valence-corrected chi connectivity index (χ1v) is 7.73. The minimum absolute atomic E-state index is 0.0670. The molecule has 7 heteroatoms. The molecule has 1 N–H and O–H groups in total. The smallest absolute Gasteiger partial charge is 0.220 e. The van der Waals surface area contributed by atoms with Gasteiger partial charge in [-0.25, -0.2) is 4.98 Å². The van der Waals surface area contributed by atoms with E-state index >= 15 is 0 Å². The number of hydrogen-bond donors (Lipinski definition) is 1. The lowest BCUT2D eigenvalue weighted by atomic mass is 10.1. The molecule has 0 aliphatic rings. The van der Waals surface area contributed by atoms with Crippen LogP contribution in [0, 0.1) is 13.8 Å². The van der Waals surface area contributed by atoms with Gasteiger partial charge in [0, 0.05) is 25.2 Å². The highest BCUT2D eigenvalue weighted by atomic mass is 16.1. The second-order valence-corrected chi connectivity index (χ2v) is 5.34. The summed E-state index contributed by atoms with van der Waals surface area (Å²) in [6, 6.07) is 0. The first-order chi connectivity index (χ1) is 10.6. The van der Waals surface area contributed by atoms with Gasteiger partial charge in [-0.2, -0.15) is 10.2 Å². The summed E-state index contributed by atoms with van der Waals surface area (Å²) >= 11 is 0. The SMILES string of the molecule is CCc1c(C)nn(CCNC(=O)CCCn2cncn2)c1C. The summed E-state index contributed by atoms with van der Waals surface area (Å²) in [5.74, 6) is 0.0670. The number of nitrogens with one attached hydrogen (secondary N) is 1. The minimum Gasteiger partial charge on any atom is -0.354 e. The molecule has 0 unspecified atom stereocenters. The second-order valence-electron chi connectivity index (χ2n) is 5.34. The zero-order valence-electron chi connectivity index (χ0n) is 13.5. The predicted molar refractivity (Wildman–Crippen MR) is 83.3 cm³/mol. The van der Waals surface area contributed by atoms with Crippen molar-refractivity contribution in [2.24, 2.45) is 0 Å². The average molecular weight is 304 g/mol. The Morgan fingerprint density at radius 3 is 2.77 bits per heavy atom. The van der Waals surface area contributed by atoms with E-state index in [4.69, 9.17) is 0 Å². The largest absolute Gasteiger partial charge is 0.354 e. The summed E-state index contributed by atoms with van der Waals surface area (Å²) in [6.45, 7) is 8.28. The second kappa shape index (κ2) is 7.72. The molecule has 2 aromatic heterocycles. The molecule has 7 nitrogen and oxygen atoms in total.